The Kier molecular flexibility index (Phi) is 4.92. The van der Waals surface area contributed by atoms with Crippen molar-refractivity contribution in [3.8, 4) is 5.75 Å². The van der Waals surface area contributed by atoms with Crippen LogP contribution in [0.25, 0.3) is 0 Å². The lowest BCUT2D eigenvalue weighted by atomic mass is 9.44. The molecule has 2 saturated heterocycles. The van der Waals surface area contributed by atoms with Crippen LogP contribution in [0.3, 0.4) is 0 Å². The van der Waals surface area contributed by atoms with Crippen molar-refractivity contribution in [3.05, 3.63) is 29.0 Å². The second-order valence-electron chi connectivity index (χ2n) is 8.85. The van der Waals surface area contributed by atoms with Crippen molar-refractivity contribution in [2.24, 2.45) is 0 Å². The zero-order valence-electron chi connectivity index (χ0n) is 16.5. The Morgan fingerprint density at radius 1 is 1.33 bits per heavy atom. The summed E-state index contributed by atoms with van der Waals surface area (Å²) in [5, 5.41) is 9.74. The van der Waals surface area contributed by atoms with E-state index in [9.17, 15) is 14.0 Å². The Balaban J connectivity index is 1.09. The van der Waals surface area contributed by atoms with Crippen LogP contribution in [0.2, 0.25) is 5.02 Å². The summed E-state index contributed by atoms with van der Waals surface area (Å²) in [4.78, 5) is 27.4. The highest BCUT2D eigenvalue weighted by Gasteiger charge is 2.69. The van der Waals surface area contributed by atoms with Gasteiger partial charge in [0.15, 0.2) is 6.61 Å². The third-order valence-corrected chi connectivity index (χ3v) is 7.96. The van der Waals surface area contributed by atoms with E-state index in [2.05, 4.69) is 27.8 Å². The molecule has 0 radical (unpaired) electrons. The molecule has 2 amide bonds. The van der Waals surface area contributed by atoms with Gasteiger partial charge >= 0.3 is 0 Å². The first kappa shape index (κ1) is 20.4. The van der Waals surface area contributed by atoms with Crippen LogP contribution < -0.4 is 20.7 Å². The molecule has 30 heavy (non-hydrogen) atoms. The molecule has 5 aliphatic rings. The van der Waals surface area contributed by atoms with Gasteiger partial charge in [-0.1, -0.05) is 11.6 Å². The van der Waals surface area contributed by atoms with Gasteiger partial charge in [-0.05, 0) is 38.3 Å². The van der Waals surface area contributed by atoms with Crippen molar-refractivity contribution in [1.29, 1.82) is 0 Å². The number of amides is 2. The molecular formula is C20H24ClFN4O3S. The lowest BCUT2D eigenvalue weighted by Crippen LogP contribution is -2.84. The van der Waals surface area contributed by atoms with E-state index in [4.69, 9.17) is 16.3 Å². The van der Waals surface area contributed by atoms with Gasteiger partial charge < -0.3 is 15.4 Å². The van der Waals surface area contributed by atoms with E-state index < -0.39 is 5.82 Å². The standard InChI is InChI=1S/C20H24ClFN4O3S/c1-11-16(26-4-5-30-18(26)23-11)17(28)25-20-8-19(9-20,10-20)24-15(27)7-29-12-2-3-13(21)14(22)6-12/h2-3,6,11,16,18,23H,4-5,7-10H2,1H3,(H,24,27)(H,25,28). The van der Waals surface area contributed by atoms with E-state index in [1.807, 2.05) is 11.8 Å². The highest BCUT2D eigenvalue weighted by molar-refractivity contribution is 8.00. The molecule has 2 heterocycles. The second-order valence-corrected chi connectivity index (χ2v) is 10.4. The molecule has 5 fully saturated rings. The largest absolute Gasteiger partial charge is 0.484 e. The summed E-state index contributed by atoms with van der Waals surface area (Å²) in [6, 6.07) is 4.05. The van der Waals surface area contributed by atoms with Crippen molar-refractivity contribution < 1.29 is 18.7 Å². The molecule has 3 aliphatic carbocycles. The van der Waals surface area contributed by atoms with Crippen molar-refractivity contribution >= 4 is 35.2 Å². The minimum Gasteiger partial charge on any atom is -0.484 e. The van der Waals surface area contributed by atoms with Crippen LogP contribution in [0.15, 0.2) is 18.2 Å². The van der Waals surface area contributed by atoms with Gasteiger partial charge in [-0.25, -0.2) is 4.39 Å². The molecule has 162 valence electrons. The molecule has 2 aliphatic heterocycles. The van der Waals surface area contributed by atoms with Crippen LogP contribution in [-0.4, -0.2) is 64.3 Å². The van der Waals surface area contributed by atoms with Crippen LogP contribution in [0.4, 0.5) is 4.39 Å². The monoisotopic (exact) mass is 454 g/mol. The molecule has 7 nitrogen and oxygen atoms in total. The van der Waals surface area contributed by atoms with Crippen LogP contribution >= 0.6 is 23.4 Å². The summed E-state index contributed by atoms with van der Waals surface area (Å²) in [7, 11) is 0. The molecule has 3 saturated carbocycles. The summed E-state index contributed by atoms with van der Waals surface area (Å²) < 4.78 is 18.8. The van der Waals surface area contributed by atoms with Gasteiger partial charge in [-0.15, -0.1) is 11.8 Å². The molecule has 2 bridgehead atoms. The molecule has 0 aromatic heterocycles. The second kappa shape index (κ2) is 7.25. The van der Waals surface area contributed by atoms with E-state index >= 15 is 0 Å². The number of hydrogen-bond donors (Lipinski definition) is 3. The van der Waals surface area contributed by atoms with Crippen molar-refractivity contribution in [3.63, 3.8) is 0 Å². The van der Waals surface area contributed by atoms with Crippen LogP contribution in [0.1, 0.15) is 26.2 Å². The Bertz CT molecular complexity index is 883. The van der Waals surface area contributed by atoms with Crippen LogP contribution in [0, 0.1) is 5.82 Å². The molecule has 3 unspecified atom stereocenters. The Morgan fingerprint density at radius 2 is 2.07 bits per heavy atom. The number of fused-ring (bicyclic) bond motifs is 1. The molecule has 1 aromatic carbocycles. The van der Waals surface area contributed by atoms with Crippen LogP contribution in [0.5, 0.6) is 5.75 Å². The molecule has 10 heteroatoms. The zero-order chi connectivity index (χ0) is 21.1. The lowest BCUT2D eigenvalue weighted by Gasteiger charge is -2.70. The quantitative estimate of drug-likeness (QED) is 0.603. The fraction of sp³-hybridized carbons (Fsp3) is 0.600. The first-order chi connectivity index (χ1) is 14.3. The molecular weight excluding hydrogens is 431 g/mol. The summed E-state index contributed by atoms with van der Waals surface area (Å²) in [5.41, 5.74) is -0.219. The molecule has 6 rings (SSSR count). The maximum atomic E-state index is 13.4. The normalized spacial score (nSPS) is 36.4. The van der Waals surface area contributed by atoms with Gasteiger partial charge in [-0.2, -0.15) is 0 Å². The number of hydrogen-bond acceptors (Lipinski definition) is 6. The number of nitrogens with zero attached hydrogens (tertiary/aromatic N) is 1. The van der Waals surface area contributed by atoms with Gasteiger partial charge in [0.25, 0.3) is 5.91 Å². The summed E-state index contributed by atoms with van der Waals surface area (Å²) in [5.74, 6) is 0.533. The summed E-state index contributed by atoms with van der Waals surface area (Å²) >= 11 is 7.48. The fourth-order valence-corrected chi connectivity index (χ4v) is 6.72. The van der Waals surface area contributed by atoms with E-state index in [1.54, 1.807) is 0 Å². The minimum atomic E-state index is -0.586. The molecule has 3 atom stereocenters. The van der Waals surface area contributed by atoms with E-state index in [-0.39, 0.29) is 57.9 Å². The van der Waals surface area contributed by atoms with E-state index in [0.29, 0.717) is 0 Å². The maximum absolute atomic E-state index is 13.4. The average Bonchev–Trinajstić information content (AvgIpc) is 3.19. The fourth-order valence-electron chi connectivity index (χ4n) is 5.33. The van der Waals surface area contributed by atoms with Crippen LogP contribution in [-0.2, 0) is 9.59 Å². The lowest BCUT2D eigenvalue weighted by molar-refractivity contribution is -0.152. The zero-order valence-corrected chi connectivity index (χ0v) is 18.1. The third kappa shape index (κ3) is 3.45. The third-order valence-electron chi connectivity index (χ3n) is 6.52. The number of halogens is 2. The van der Waals surface area contributed by atoms with Crippen molar-refractivity contribution in [2.75, 3.05) is 18.9 Å². The number of carbonyl (C=O) groups is 2. The number of rotatable bonds is 6. The minimum absolute atomic E-state index is 0.00907. The molecule has 1 aromatic rings. The Morgan fingerprint density at radius 3 is 2.80 bits per heavy atom. The molecule has 0 spiro atoms. The number of nitrogens with one attached hydrogen (secondary N) is 3. The van der Waals surface area contributed by atoms with Crippen molar-refractivity contribution in [1.82, 2.24) is 20.9 Å². The topological polar surface area (TPSA) is 82.7 Å². The summed E-state index contributed by atoms with van der Waals surface area (Å²) in [6.45, 7) is 2.79. The van der Waals surface area contributed by atoms with Gasteiger partial charge in [0.05, 0.1) is 5.02 Å². The first-order valence-corrected chi connectivity index (χ1v) is 11.6. The van der Waals surface area contributed by atoms with E-state index in [1.165, 1.54) is 12.1 Å². The predicted octanol–water partition coefficient (Wildman–Crippen LogP) is 1.46. The Labute approximate surface area is 183 Å². The highest BCUT2D eigenvalue weighted by atomic mass is 35.5. The van der Waals surface area contributed by atoms with Gasteiger partial charge in [-0.3, -0.25) is 19.8 Å². The SMILES string of the molecule is CC1NC2SCCN2C1C(=O)NC12CC(NC(=O)COc3ccc(Cl)c(F)c3)(C1)C2. The average molecular weight is 455 g/mol. The highest BCUT2D eigenvalue weighted by Crippen LogP contribution is 2.60. The van der Waals surface area contributed by atoms with Gasteiger partial charge in [0.1, 0.15) is 23.1 Å². The maximum Gasteiger partial charge on any atom is 0.258 e. The molecule has 3 N–H and O–H groups in total. The Hall–Kier alpha value is -1.55. The summed E-state index contributed by atoms with van der Waals surface area (Å²) in [6.07, 6.45) is 2.21. The van der Waals surface area contributed by atoms with Gasteiger partial charge in [0.2, 0.25) is 5.91 Å². The predicted molar refractivity (Wildman–Crippen MR) is 112 cm³/mol. The van der Waals surface area contributed by atoms with Crippen molar-refractivity contribution in [2.45, 2.75) is 54.8 Å². The number of ether oxygens (including phenoxy) is 1. The number of carbonyl (C=O) groups excluding carboxylic acids is 2. The number of thioether (sulfide) groups is 1. The van der Waals surface area contributed by atoms with E-state index in [0.717, 1.165) is 37.6 Å². The number of benzene rings is 1. The van der Waals surface area contributed by atoms with Gasteiger partial charge in [0, 0.05) is 35.5 Å². The smallest absolute Gasteiger partial charge is 0.258 e. The first-order valence-electron chi connectivity index (χ1n) is 10.1.